The Morgan fingerprint density at radius 1 is 1.38 bits per heavy atom. The van der Waals surface area contributed by atoms with E-state index >= 15 is 0 Å². The van der Waals surface area contributed by atoms with Gasteiger partial charge in [-0.2, -0.15) is 0 Å². The molecule has 2 heterocycles. The Balaban J connectivity index is 2.19. The zero-order valence-corrected chi connectivity index (χ0v) is 7.42. The zero-order chi connectivity index (χ0) is 9.10. The molecule has 1 aromatic rings. The Kier molecular flexibility index (Phi) is 2.40. The molecule has 4 nitrogen and oxygen atoms in total. The van der Waals surface area contributed by atoms with Crippen molar-refractivity contribution in [3.63, 3.8) is 0 Å². The Morgan fingerprint density at radius 3 is 2.85 bits per heavy atom. The van der Waals surface area contributed by atoms with Crippen molar-refractivity contribution in [3.8, 4) is 0 Å². The van der Waals surface area contributed by atoms with Crippen LogP contribution in [-0.2, 0) is 0 Å². The highest BCUT2D eigenvalue weighted by Crippen LogP contribution is 2.21. The number of aromatic nitrogens is 2. The first kappa shape index (κ1) is 8.44. The summed E-state index contributed by atoms with van der Waals surface area (Å²) in [5, 5.41) is 3.29. The number of hydrogen-bond donors (Lipinski definition) is 2. The van der Waals surface area contributed by atoms with Gasteiger partial charge in [-0.1, -0.05) is 0 Å². The van der Waals surface area contributed by atoms with E-state index < -0.39 is 0 Å². The van der Waals surface area contributed by atoms with E-state index in [1.807, 2.05) is 6.07 Å². The van der Waals surface area contributed by atoms with E-state index in [0.717, 1.165) is 31.6 Å². The summed E-state index contributed by atoms with van der Waals surface area (Å²) < 4.78 is 0. The first-order valence-corrected chi connectivity index (χ1v) is 4.62. The largest absolute Gasteiger partial charge is 0.345 e. The van der Waals surface area contributed by atoms with E-state index in [1.54, 1.807) is 6.20 Å². The highest BCUT2D eigenvalue weighted by atomic mass is 16.1. The average Bonchev–Trinajstić information content (AvgIpc) is 2.19. The van der Waals surface area contributed by atoms with Gasteiger partial charge in [0.1, 0.15) is 0 Å². The molecule has 0 bridgehead atoms. The first-order chi connectivity index (χ1) is 6.36. The minimum atomic E-state index is -0.240. The van der Waals surface area contributed by atoms with E-state index in [0.29, 0.717) is 5.92 Å². The first-order valence-electron chi connectivity index (χ1n) is 4.62. The lowest BCUT2D eigenvalue weighted by Crippen LogP contribution is -2.28. The van der Waals surface area contributed by atoms with Gasteiger partial charge >= 0.3 is 5.69 Å². The fourth-order valence-corrected chi connectivity index (χ4v) is 1.75. The Hall–Kier alpha value is -1.16. The van der Waals surface area contributed by atoms with Crippen LogP contribution < -0.4 is 11.0 Å². The maximum atomic E-state index is 11.0. The van der Waals surface area contributed by atoms with Crippen LogP contribution in [0, 0.1) is 0 Å². The van der Waals surface area contributed by atoms with Crippen molar-refractivity contribution in [2.45, 2.75) is 18.8 Å². The SMILES string of the molecule is O=c1nccc(C2CCNCC2)[nH]1. The van der Waals surface area contributed by atoms with Crippen LogP contribution in [0.25, 0.3) is 0 Å². The van der Waals surface area contributed by atoms with Crippen molar-refractivity contribution in [3.05, 3.63) is 28.4 Å². The third-order valence-corrected chi connectivity index (χ3v) is 2.48. The topological polar surface area (TPSA) is 57.8 Å². The van der Waals surface area contributed by atoms with Gasteiger partial charge < -0.3 is 10.3 Å². The van der Waals surface area contributed by atoms with Gasteiger partial charge in [0, 0.05) is 17.8 Å². The summed E-state index contributed by atoms with van der Waals surface area (Å²) in [7, 11) is 0. The molecule has 0 atom stereocenters. The highest BCUT2D eigenvalue weighted by Gasteiger charge is 2.15. The predicted molar refractivity (Wildman–Crippen MR) is 49.7 cm³/mol. The molecule has 0 aromatic carbocycles. The summed E-state index contributed by atoms with van der Waals surface area (Å²) in [6, 6.07) is 1.90. The minimum Gasteiger partial charge on any atom is -0.317 e. The molecule has 4 heteroatoms. The zero-order valence-electron chi connectivity index (χ0n) is 7.42. The molecule has 0 unspecified atom stereocenters. The molecule has 0 saturated carbocycles. The van der Waals surface area contributed by atoms with Crippen molar-refractivity contribution < 1.29 is 0 Å². The molecular weight excluding hydrogens is 166 g/mol. The molecule has 1 fully saturated rings. The number of aromatic amines is 1. The van der Waals surface area contributed by atoms with Crippen LogP contribution in [0.2, 0.25) is 0 Å². The molecule has 70 valence electrons. The second kappa shape index (κ2) is 3.70. The second-order valence-corrected chi connectivity index (χ2v) is 3.35. The summed E-state index contributed by atoms with van der Waals surface area (Å²) in [5.41, 5.74) is 0.789. The fourth-order valence-electron chi connectivity index (χ4n) is 1.75. The van der Waals surface area contributed by atoms with E-state index in [1.165, 1.54) is 0 Å². The van der Waals surface area contributed by atoms with Crippen molar-refractivity contribution >= 4 is 0 Å². The van der Waals surface area contributed by atoms with Crippen LogP contribution in [0.15, 0.2) is 17.1 Å². The molecule has 0 radical (unpaired) electrons. The highest BCUT2D eigenvalue weighted by molar-refractivity contribution is 5.06. The number of piperidine rings is 1. The van der Waals surface area contributed by atoms with Crippen molar-refractivity contribution in [1.82, 2.24) is 15.3 Å². The normalized spacial score (nSPS) is 18.8. The van der Waals surface area contributed by atoms with Crippen LogP contribution in [-0.4, -0.2) is 23.1 Å². The molecule has 1 aliphatic rings. The molecule has 0 amide bonds. The third kappa shape index (κ3) is 1.95. The summed E-state index contributed by atoms with van der Waals surface area (Å²) in [6.07, 6.45) is 3.77. The van der Waals surface area contributed by atoms with E-state index in [4.69, 9.17) is 0 Å². The summed E-state index contributed by atoms with van der Waals surface area (Å²) in [5.74, 6) is 0.497. The van der Waals surface area contributed by atoms with Gasteiger partial charge in [-0.25, -0.2) is 9.78 Å². The maximum Gasteiger partial charge on any atom is 0.345 e. The molecule has 2 rings (SSSR count). The van der Waals surface area contributed by atoms with E-state index in [-0.39, 0.29) is 5.69 Å². The lowest BCUT2D eigenvalue weighted by molar-refractivity contribution is 0.452. The van der Waals surface area contributed by atoms with Crippen LogP contribution in [0.5, 0.6) is 0 Å². The molecule has 1 aliphatic heterocycles. The lowest BCUT2D eigenvalue weighted by Gasteiger charge is -2.21. The maximum absolute atomic E-state index is 11.0. The second-order valence-electron chi connectivity index (χ2n) is 3.35. The van der Waals surface area contributed by atoms with Crippen molar-refractivity contribution in [1.29, 1.82) is 0 Å². The summed E-state index contributed by atoms with van der Waals surface area (Å²) in [4.78, 5) is 17.3. The minimum absolute atomic E-state index is 0.240. The van der Waals surface area contributed by atoms with E-state index in [9.17, 15) is 4.79 Å². The molecule has 0 spiro atoms. The van der Waals surface area contributed by atoms with Gasteiger partial charge in [0.2, 0.25) is 0 Å². The van der Waals surface area contributed by atoms with Crippen LogP contribution >= 0.6 is 0 Å². The molecular formula is C9H13N3O. The number of hydrogen-bond acceptors (Lipinski definition) is 3. The molecule has 0 aliphatic carbocycles. The predicted octanol–water partition coefficient (Wildman–Crippen LogP) is 0.237. The van der Waals surface area contributed by atoms with Gasteiger partial charge in [0.15, 0.2) is 0 Å². The Labute approximate surface area is 76.4 Å². The monoisotopic (exact) mass is 179 g/mol. The third-order valence-electron chi connectivity index (χ3n) is 2.48. The molecule has 13 heavy (non-hydrogen) atoms. The summed E-state index contributed by atoms with van der Waals surface area (Å²) >= 11 is 0. The van der Waals surface area contributed by atoms with E-state index in [2.05, 4.69) is 15.3 Å². The fraction of sp³-hybridized carbons (Fsp3) is 0.556. The number of H-pyrrole nitrogens is 1. The van der Waals surface area contributed by atoms with Gasteiger partial charge in [-0.3, -0.25) is 0 Å². The van der Waals surface area contributed by atoms with Gasteiger partial charge in [-0.15, -0.1) is 0 Å². The summed E-state index contributed by atoms with van der Waals surface area (Å²) in [6.45, 7) is 2.07. The Morgan fingerprint density at radius 2 is 2.15 bits per heavy atom. The van der Waals surface area contributed by atoms with Gasteiger partial charge in [0.25, 0.3) is 0 Å². The standard InChI is InChI=1S/C9H13N3O/c13-9-11-6-3-8(12-9)7-1-4-10-5-2-7/h3,6-7,10H,1-2,4-5H2,(H,11,12,13). The lowest BCUT2D eigenvalue weighted by atomic mass is 9.95. The molecule has 1 saturated heterocycles. The van der Waals surface area contributed by atoms with Crippen molar-refractivity contribution in [2.75, 3.05) is 13.1 Å². The quantitative estimate of drug-likeness (QED) is 0.649. The number of nitrogens with zero attached hydrogens (tertiary/aromatic N) is 1. The smallest absolute Gasteiger partial charge is 0.317 e. The van der Waals surface area contributed by atoms with Crippen LogP contribution in [0.3, 0.4) is 0 Å². The van der Waals surface area contributed by atoms with Crippen LogP contribution in [0.4, 0.5) is 0 Å². The van der Waals surface area contributed by atoms with Gasteiger partial charge in [-0.05, 0) is 32.0 Å². The van der Waals surface area contributed by atoms with Gasteiger partial charge in [0.05, 0.1) is 0 Å². The molecule has 2 N–H and O–H groups in total. The van der Waals surface area contributed by atoms with Crippen LogP contribution in [0.1, 0.15) is 24.5 Å². The molecule has 1 aromatic heterocycles. The number of nitrogens with one attached hydrogen (secondary N) is 2. The number of rotatable bonds is 1. The van der Waals surface area contributed by atoms with Crippen molar-refractivity contribution in [2.24, 2.45) is 0 Å². The average molecular weight is 179 g/mol. The Bertz CT molecular complexity index is 328.